The Balaban J connectivity index is 1.59. The number of hydrogen-bond acceptors (Lipinski definition) is 2. The molecule has 26 heavy (non-hydrogen) atoms. The lowest BCUT2D eigenvalue weighted by molar-refractivity contribution is 0.119. The number of piperazine rings is 1. The Morgan fingerprint density at radius 2 is 1.58 bits per heavy atom. The number of rotatable bonds is 3. The number of carbonyl (C=O) groups excluding carboxylic acids is 1. The molecule has 1 aliphatic rings. The number of benzene rings is 2. The van der Waals surface area contributed by atoms with Crippen molar-refractivity contribution < 1.29 is 18.0 Å². The van der Waals surface area contributed by atoms with Crippen molar-refractivity contribution in [2.75, 3.05) is 31.5 Å². The predicted molar refractivity (Wildman–Crippen MR) is 93.3 cm³/mol. The van der Waals surface area contributed by atoms with Crippen molar-refractivity contribution in [1.82, 2.24) is 9.80 Å². The fourth-order valence-corrected chi connectivity index (χ4v) is 3.10. The number of nitrogens with zero attached hydrogens (tertiary/aromatic N) is 2. The summed E-state index contributed by atoms with van der Waals surface area (Å²) >= 11 is 0. The normalized spacial score (nSPS) is 16.4. The van der Waals surface area contributed by atoms with Crippen LogP contribution in [-0.2, 0) is 0 Å². The van der Waals surface area contributed by atoms with Crippen molar-refractivity contribution in [3.8, 4) is 0 Å². The predicted octanol–water partition coefficient (Wildman–Crippen LogP) is 4.01. The fraction of sp³-hybridized carbons (Fsp3) is 0.316. The highest BCUT2D eigenvalue weighted by Gasteiger charge is 2.26. The summed E-state index contributed by atoms with van der Waals surface area (Å²) in [6.45, 7) is 4.28. The molecule has 3 rings (SSSR count). The molecule has 0 aliphatic carbocycles. The highest BCUT2D eigenvalue weighted by Crippen LogP contribution is 2.23. The van der Waals surface area contributed by atoms with E-state index in [1.54, 1.807) is 0 Å². The van der Waals surface area contributed by atoms with Gasteiger partial charge in [0.2, 0.25) is 0 Å². The molecule has 1 aliphatic heterocycles. The Morgan fingerprint density at radius 1 is 1.00 bits per heavy atom. The highest BCUT2D eigenvalue weighted by molar-refractivity contribution is 5.89. The van der Waals surface area contributed by atoms with Gasteiger partial charge in [-0.3, -0.25) is 4.90 Å². The Morgan fingerprint density at radius 3 is 2.15 bits per heavy atom. The number of hydrogen-bond donors (Lipinski definition) is 1. The molecule has 0 radical (unpaired) electrons. The first-order chi connectivity index (χ1) is 12.5. The van der Waals surface area contributed by atoms with Gasteiger partial charge in [0.1, 0.15) is 11.5 Å². The number of amides is 2. The zero-order valence-electron chi connectivity index (χ0n) is 14.4. The lowest BCUT2D eigenvalue weighted by atomic mass is 10.1. The van der Waals surface area contributed by atoms with E-state index in [0.29, 0.717) is 38.3 Å². The summed E-state index contributed by atoms with van der Waals surface area (Å²) < 4.78 is 40.3. The average Bonchev–Trinajstić information content (AvgIpc) is 2.64. The molecule has 2 amide bonds. The quantitative estimate of drug-likeness (QED) is 0.894. The molecule has 4 nitrogen and oxygen atoms in total. The van der Waals surface area contributed by atoms with Gasteiger partial charge in [-0.15, -0.1) is 0 Å². The molecule has 0 aromatic heterocycles. The molecule has 7 heteroatoms. The summed E-state index contributed by atoms with van der Waals surface area (Å²) in [4.78, 5) is 16.0. The molecule has 2 aromatic carbocycles. The molecule has 1 N–H and O–H groups in total. The van der Waals surface area contributed by atoms with E-state index in [1.165, 1.54) is 10.5 Å². The van der Waals surface area contributed by atoms with Crippen LogP contribution in [0.4, 0.5) is 23.7 Å². The van der Waals surface area contributed by atoms with Crippen LogP contribution < -0.4 is 5.32 Å². The number of carbonyl (C=O) groups is 1. The van der Waals surface area contributed by atoms with Gasteiger partial charge in [0.05, 0.1) is 0 Å². The summed E-state index contributed by atoms with van der Waals surface area (Å²) in [6.07, 6.45) is 0. The molecule has 0 spiro atoms. The van der Waals surface area contributed by atoms with Crippen molar-refractivity contribution in [2.45, 2.75) is 13.0 Å². The van der Waals surface area contributed by atoms with E-state index in [1.807, 2.05) is 18.2 Å². The summed E-state index contributed by atoms with van der Waals surface area (Å²) in [5, 5.41) is 2.20. The molecule has 0 saturated carbocycles. The Bertz CT molecular complexity index is 754. The van der Waals surface area contributed by atoms with Crippen LogP contribution in [0.1, 0.15) is 18.5 Å². The minimum Gasteiger partial charge on any atom is -0.322 e. The van der Waals surface area contributed by atoms with Crippen LogP contribution in [0.2, 0.25) is 0 Å². The van der Waals surface area contributed by atoms with Crippen LogP contribution in [-0.4, -0.2) is 42.0 Å². The van der Waals surface area contributed by atoms with Crippen molar-refractivity contribution >= 4 is 11.7 Å². The minimum absolute atomic E-state index is 0.216. The van der Waals surface area contributed by atoms with Gasteiger partial charge < -0.3 is 10.2 Å². The maximum Gasteiger partial charge on any atom is 0.322 e. The van der Waals surface area contributed by atoms with Crippen molar-refractivity contribution in [2.24, 2.45) is 0 Å². The minimum atomic E-state index is -1.13. The zero-order chi connectivity index (χ0) is 18.7. The van der Waals surface area contributed by atoms with Crippen LogP contribution in [0.25, 0.3) is 0 Å². The third-order valence-electron chi connectivity index (χ3n) is 4.67. The summed E-state index contributed by atoms with van der Waals surface area (Å²) in [5.74, 6) is -3.29. The van der Waals surface area contributed by atoms with Gasteiger partial charge >= 0.3 is 6.03 Å². The molecule has 1 fully saturated rings. The monoisotopic (exact) mass is 363 g/mol. The third-order valence-corrected chi connectivity index (χ3v) is 4.67. The van der Waals surface area contributed by atoms with Gasteiger partial charge in [-0.1, -0.05) is 30.3 Å². The average molecular weight is 363 g/mol. The molecule has 1 atom stereocenters. The van der Waals surface area contributed by atoms with Crippen LogP contribution >= 0.6 is 0 Å². The van der Waals surface area contributed by atoms with Crippen molar-refractivity contribution in [3.05, 3.63) is 65.5 Å². The summed E-state index contributed by atoms with van der Waals surface area (Å²) in [6, 6.07) is 10.8. The molecular formula is C19H20F3N3O. The first-order valence-corrected chi connectivity index (χ1v) is 8.45. The highest BCUT2D eigenvalue weighted by atomic mass is 19.1. The molecule has 0 unspecified atom stereocenters. The second-order valence-corrected chi connectivity index (χ2v) is 6.28. The fourth-order valence-electron chi connectivity index (χ4n) is 3.10. The Kier molecular flexibility index (Phi) is 5.46. The lowest BCUT2D eigenvalue weighted by Crippen LogP contribution is -2.50. The van der Waals surface area contributed by atoms with E-state index in [-0.39, 0.29) is 6.04 Å². The van der Waals surface area contributed by atoms with E-state index < -0.39 is 29.2 Å². The van der Waals surface area contributed by atoms with Crippen molar-refractivity contribution in [3.63, 3.8) is 0 Å². The first kappa shape index (κ1) is 18.3. The van der Waals surface area contributed by atoms with Crippen LogP contribution in [0.5, 0.6) is 0 Å². The van der Waals surface area contributed by atoms with E-state index in [9.17, 15) is 18.0 Å². The van der Waals surface area contributed by atoms with E-state index >= 15 is 0 Å². The van der Waals surface area contributed by atoms with Gasteiger partial charge in [0, 0.05) is 44.4 Å². The number of anilines is 1. The van der Waals surface area contributed by atoms with Crippen LogP contribution in [0.15, 0.2) is 42.5 Å². The number of urea groups is 1. The van der Waals surface area contributed by atoms with E-state index in [4.69, 9.17) is 0 Å². The summed E-state index contributed by atoms with van der Waals surface area (Å²) in [7, 11) is 0. The number of halogens is 3. The van der Waals surface area contributed by atoms with Gasteiger partial charge in [-0.2, -0.15) is 0 Å². The first-order valence-electron chi connectivity index (χ1n) is 8.45. The maximum absolute atomic E-state index is 13.7. The van der Waals surface area contributed by atoms with Crippen molar-refractivity contribution in [1.29, 1.82) is 0 Å². The molecule has 1 saturated heterocycles. The van der Waals surface area contributed by atoms with E-state index in [0.717, 1.165) is 0 Å². The topological polar surface area (TPSA) is 35.6 Å². The van der Waals surface area contributed by atoms with Crippen LogP contribution in [0, 0.1) is 17.5 Å². The van der Waals surface area contributed by atoms with E-state index in [2.05, 4.69) is 29.3 Å². The lowest BCUT2D eigenvalue weighted by Gasteiger charge is -2.38. The number of nitrogens with one attached hydrogen (secondary N) is 1. The van der Waals surface area contributed by atoms with Gasteiger partial charge in [0.15, 0.2) is 11.6 Å². The second-order valence-electron chi connectivity index (χ2n) is 6.28. The molecule has 138 valence electrons. The Labute approximate surface area is 150 Å². The molecule has 0 bridgehead atoms. The Hall–Kier alpha value is -2.54. The van der Waals surface area contributed by atoms with Crippen LogP contribution in [0.3, 0.4) is 0 Å². The standard InChI is InChI=1S/C19H20F3N3O/c1-13(14-5-3-2-4-6-14)24-7-9-25(10-8-24)19(26)23-18-16(21)11-15(20)12-17(18)22/h2-6,11-13H,7-10H2,1H3,(H,23,26)/t13-/m0/s1. The van der Waals surface area contributed by atoms with Gasteiger partial charge in [-0.25, -0.2) is 18.0 Å². The molecule has 2 aromatic rings. The second kappa shape index (κ2) is 7.78. The molecular weight excluding hydrogens is 343 g/mol. The largest absolute Gasteiger partial charge is 0.322 e. The van der Waals surface area contributed by atoms with Gasteiger partial charge in [0.25, 0.3) is 0 Å². The SMILES string of the molecule is C[C@@H](c1ccccc1)N1CCN(C(=O)Nc2c(F)cc(F)cc2F)CC1. The summed E-state index contributed by atoms with van der Waals surface area (Å²) in [5.41, 5.74) is 0.567. The maximum atomic E-state index is 13.7. The molecule has 1 heterocycles. The smallest absolute Gasteiger partial charge is 0.322 e. The third kappa shape index (κ3) is 3.99. The zero-order valence-corrected chi connectivity index (χ0v) is 14.4. The van der Waals surface area contributed by atoms with Gasteiger partial charge in [-0.05, 0) is 12.5 Å².